The highest BCUT2D eigenvalue weighted by Crippen LogP contribution is 2.18. The van der Waals surface area contributed by atoms with E-state index in [2.05, 4.69) is 5.10 Å². The van der Waals surface area contributed by atoms with E-state index < -0.39 is 0 Å². The van der Waals surface area contributed by atoms with E-state index in [1.54, 1.807) is 10.9 Å². The van der Waals surface area contributed by atoms with Gasteiger partial charge in [-0.15, -0.1) is 0 Å². The van der Waals surface area contributed by atoms with Crippen LogP contribution >= 0.6 is 0 Å². The first-order chi connectivity index (χ1) is 6.72. The van der Waals surface area contributed by atoms with Crippen molar-refractivity contribution in [3.8, 4) is 5.75 Å². The molecule has 0 radical (unpaired) electrons. The molecule has 14 heavy (non-hydrogen) atoms. The first kappa shape index (κ1) is 10.8. The molecule has 4 nitrogen and oxygen atoms in total. The van der Waals surface area contributed by atoms with Gasteiger partial charge in [-0.3, -0.25) is 9.48 Å². The second kappa shape index (κ2) is 4.79. The molecule has 0 unspecified atom stereocenters. The number of hydrogen-bond acceptors (Lipinski definition) is 3. The minimum Gasteiger partial charge on any atom is -0.490 e. The molecule has 1 rings (SSSR count). The van der Waals surface area contributed by atoms with Crippen LogP contribution in [-0.4, -0.2) is 22.2 Å². The van der Waals surface area contributed by atoms with Gasteiger partial charge in [-0.25, -0.2) is 0 Å². The fourth-order valence-corrected chi connectivity index (χ4v) is 1.19. The Balaban J connectivity index is 2.99. The summed E-state index contributed by atoms with van der Waals surface area (Å²) in [5.41, 5.74) is 0.455. The summed E-state index contributed by atoms with van der Waals surface area (Å²) >= 11 is 0. The summed E-state index contributed by atoms with van der Waals surface area (Å²) in [4.78, 5) is 11.5. The topological polar surface area (TPSA) is 44.1 Å². The van der Waals surface area contributed by atoms with E-state index in [1.165, 1.54) is 0 Å². The van der Waals surface area contributed by atoms with Gasteiger partial charge in [0.1, 0.15) is 0 Å². The molecule has 78 valence electrons. The molecule has 0 amide bonds. The molecule has 0 aromatic carbocycles. The summed E-state index contributed by atoms with van der Waals surface area (Å²) in [5.74, 6) is 0.627. The van der Waals surface area contributed by atoms with Crippen molar-refractivity contribution in [1.82, 2.24) is 9.78 Å². The summed E-state index contributed by atoms with van der Waals surface area (Å²) in [5, 5.41) is 4.16. The molecular formula is C10H16N2O2. The normalized spacial score (nSPS) is 10.2. The molecule has 0 aliphatic heterocycles. The van der Waals surface area contributed by atoms with E-state index >= 15 is 0 Å². The van der Waals surface area contributed by atoms with E-state index in [1.807, 2.05) is 20.8 Å². The van der Waals surface area contributed by atoms with E-state index in [0.717, 1.165) is 6.54 Å². The lowest BCUT2D eigenvalue weighted by Gasteiger charge is -1.99. The van der Waals surface area contributed by atoms with Crippen molar-refractivity contribution in [2.45, 2.75) is 33.7 Å². The smallest absolute Gasteiger partial charge is 0.186 e. The Hall–Kier alpha value is -1.32. The molecule has 0 aliphatic carbocycles. The summed E-state index contributed by atoms with van der Waals surface area (Å²) in [6.45, 7) is 6.99. The summed E-state index contributed by atoms with van der Waals surface area (Å²) in [6.07, 6.45) is 2.23. The van der Waals surface area contributed by atoms with E-state index in [0.29, 0.717) is 24.5 Å². The van der Waals surface area contributed by atoms with Gasteiger partial charge in [0.25, 0.3) is 0 Å². The molecule has 0 spiro atoms. The Labute approximate surface area is 83.9 Å². The minimum absolute atomic E-state index is 0.0284. The number of carbonyl (C=O) groups is 1. The minimum atomic E-state index is 0.0284. The van der Waals surface area contributed by atoms with Gasteiger partial charge in [0.15, 0.2) is 17.2 Å². The molecule has 4 heteroatoms. The highest BCUT2D eigenvalue weighted by molar-refractivity contribution is 5.96. The maximum Gasteiger partial charge on any atom is 0.186 e. The van der Waals surface area contributed by atoms with Gasteiger partial charge in [-0.2, -0.15) is 5.10 Å². The summed E-state index contributed by atoms with van der Waals surface area (Å²) in [7, 11) is 0. The fraction of sp³-hybridized carbons (Fsp3) is 0.600. The number of aryl methyl sites for hydroxylation is 1. The predicted octanol–water partition coefficient (Wildman–Crippen LogP) is 1.89. The van der Waals surface area contributed by atoms with Gasteiger partial charge in [-0.05, 0) is 13.8 Å². The number of ketones is 1. The average Bonchev–Trinajstić information content (AvgIpc) is 2.61. The maximum atomic E-state index is 11.5. The van der Waals surface area contributed by atoms with Crippen LogP contribution in [-0.2, 0) is 6.54 Å². The van der Waals surface area contributed by atoms with Crippen molar-refractivity contribution in [1.29, 1.82) is 0 Å². The first-order valence-electron chi connectivity index (χ1n) is 4.96. The third-order valence-electron chi connectivity index (χ3n) is 1.94. The predicted molar refractivity (Wildman–Crippen MR) is 53.7 cm³/mol. The summed E-state index contributed by atoms with van der Waals surface area (Å²) < 4.78 is 7.05. The SMILES string of the molecule is CCOc1cn(CC)nc1C(=O)CC. The zero-order valence-corrected chi connectivity index (χ0v) is 8.91. The van der Waals surface area contributed by atoms with Gasteiger partial charge in [-0.1, -0.05) is 6.92 Å². The Morgan fingerprint density at radius 1 is 1.50 bits per heavy atom. The molecular weight excluding hydrogens is 180 g/mol. The lowest BCUT2D eigenvalue weighted by atomic mass is 10.2. The third-order valence-corrected chi connectivity index (χ3v) is 1.94. The van der Waals surface area contributed by atoms with Crippen LogP contribution in [0.1, 0.15) is 37.7 Å². The lowest BCUT2D eigenvalue weighted by molar-refractivity contribution is 0.0979. The van der Waals surface area contributed by atoms with Gasteiger partial charge < -0.3 is 4.74 Å². The van der Waals surface area contributed by atoms with Gasteiger partial charge in [0.2, 0.25) is 0 Å². The number of Topliss-reactive ketones (excluding diaryl/α,β-unsaturated/α-hetero) is 1. The molecule has 0 saturated carbocycles. The Morgan fingerprint density at radius 2 is 2.21 bits per heavy atom. The standard InChI is InChI=1S/C10H16N2O2/c1-4-8(13)10-9(14-6-3)7-12(5-2)11-10/h7H,4-6H2,1-3H3. The van der Waals surface area contributed by atoms with Crippen LogP contribution in [0.4, 0.5) is 0 Å². The van der Waals surface area contributed by atoms with Crippen LogP contribution in [0, 0.1) is 0 Å². The van der Waals surface area contributed by atoms with Crippen molar-refractivity contribution in [3.05, 3.63) is 11.9 Å². The Bertz CT molecular complexity index is 318. The number of nitrogens with zero attached hydrogens (tertiary/aromatic N) is 2. The molecule has 1 aromatic rings. The second-order valence-corrected chi connectivity index (χ2v) is 2.91. The highest BCUT2D eigenvalue weighted by atomic mass is 16.5. The van der Waals surface area contributed by atoms with Crippen LogP contribution in [0.2, 0.25) is 0 Å². The Morgan fingerprint density at radius 3 is 2.71 bits per heavy atom. The second-order valence-electron chi connectivity index (χ2n) is 2.91. The van der Waals surface area contributed by atoms with Crippen LogP contribution in [0.15, 0.2) is 6.20 Å². The largest absolute Gasteiger partial charge is 0.490 e. The van der Waals surface area contributed by atoms with Crippen LogP contribution in [0.3, 0.4) is 0 Å². The summed E-state index contributed by atoms with van der Waals surface area (Å²) in [6, 6.07) is 0. The molecule has 0 aliphatic rings. The molecule has 1 heterocycles. The monoisotopic (exact) mass is 196 g/mol. The fourth-order valence-electron chi connectivity index (χ4n) is 1.19. The van der Waals surface area contributed by atoms with E-state index in [-0.39, 0.29) is 5.78 Å². The van der Waals surface area contributed by atoms with Gasteiger partial charge in [0, 0.05) is 13.0 Å². The average molecular weight is 196 g/mol. The van der Waals surface area contributed by atoms with Crippen LogP contribution in [0.25, 0.3) is 0 Å². The number of ether oxygens (including phenoxy) is 1. The first-order valence-corrected chi connectivity index (χ1v) is 4.96. The van der Waals surface area contributed by atoms with Crippen molar-refractivity contribution < 1.29 is 9.53 Å². The zero-order chi connectivity index (χ0) is 10.6. The van der Waals surface area contributed by atoms with Crippen LogP contribution in [0.5, 0.6) is 5.75 Å². The number of carbonyl (C=O) groups excluding carboxylic acids is 1. The maximum absolute atomic E-state index is 11.5. The molecule has 0 atom stereocenters. The lowest BCUT2D eigenvalue weighted by Crippen LogP contribution is -2.03. The molecule has 1 aromatic heterocycles. The van der Waals surface area contributed by atoms with Gasteiger partial charge in [0.05, 0.1) is 12.8 Å². The van der Waals surface area contributed by atoms with Crippen molar-refractivity contribution in [2.24, 2.45) is 0 Å². The van der Waals surface area contributed by atoms with Crippen molar-refractivity contribution in [3.63, 3.8) is 0 Å². The van der Waals surface area contributed by atoms with Crippen molar-refractivity contribution in [2.75, 3.05) is 6.61 Å². The van der Waals surface area contributed by atoms with Crippen LogP contribution < -0.4 is 4.74 Å². The Kier molecular flexibility index (Phi) is 3.68. The number of rotatable bonds is 5. The van der Waals surface area contributed by atoms with Crippen molar-refractivity contribution >= 4 is 5.78 Å². The number of hydrogen-bond donors (Lipinski definition) is 0. The highest BCUT2D eigenvalue weighted by Gasteiger charge is 2.15. The molecule has 0 saturated heterocycles. The zero-order valence-electron chi connectivity index (χ0n) is 8.91. The molecule has 0 fully saturated rings. The van der Waals surface area contributed by atoms with E-state index in [4.69, 9.17) is 4.74 Å². The van der Waals surface area contributed by atoms with Gasteiger partial charge >= 0.3 is 0 Å². The number of aromatic nitrogens is 2. The third kappa shape index (κ3) is 2.13. The molecule has 0 N–H and O–H groups in total. The quantitative estimate of drug-likeness (QED) is 0.675. The molecule has 0 bridgehead atoms. The van der Waals surface area contributed by atoms with E-state index in [9.17, 15) is 4.79 Å².